The second-order valence-electron chi connectivity index (χ2n) is 17.2. The summed E-state index contributed by atoms with van der Waals surface area (Å²) in [6, 6.07) is 26.3. The van der Waals surface area contributed by atoms with Gasteiger partial charge in [-0.3, -0.25) is 4.79 Å². The predicted molar refractivity (Wildman–Crippen MR) is 243 cm³/mol. The van der Waals surface area contributed by atoms with Crippen LogP contribution < -0.4 is 14.2 Å². The highest BCUT2D eigenvalue weighted by Crippen LogP contribution is 2.38. The van der Waals surface area contributed by atoms with Crippen LogP contribution in [0.15, 0.2) is 84.9 Å². The lowest BCUT2D eigenvalue weighted by Gasteiger charge is -2.40. The molecule has 1 saturated carbocycles. The van der Waals surface area contributed by atoms with Crippen molar-refractivity contribution in [1.29, 1.82) is 0 Å². The Balaban J connectivity index is 0.900. The Kier molecular flexibility index (Phi) is 18.0. The molecule has 1 aliphatic carbocycles. The molecule has 1 aliphatic heterocycles. The number of carbonyl (C=O) groups is 3. The van der Waals surface area contributed by atoms with Crippen LogP contribution in [0.1, 0.15) is 145 Å². The van der Waals surface area contributed by atoms with Gasteiger partial charge < -0.3 is 28.4 Å². The van der Waals surface area contributed by atoms with Gasteiger partial charge in [-0.15, -0.1) is 0 Å². The molecule has 1 heterocycles. The van der Waals surface area contributed by atoms with Gasteiger partial charge in [0.2, 0.25) is 0 Å². The van der Waals surface area contributed by atoms with Crippen molar-refractivity contribution in [2.24, 2.45) is 11.3 Å². The van der Waals surface area contributed by atoms with E-state index in [1.54, 1.807) is 48.5 Å². The topological polar surface area (TPSA) is 107 Å². The summed E-state index contributed by atoms with van der Waals surface area (Å²) in [5, 5.41) is 0. The summed E-state index contributed by atoms with van der Waals surface area (Å²) >= 11 is 0. The van der Waals surface area contributed by atoms with Crippen LogP contribution in [0, 0.1) is 11.3 Å². The largest absolute Gasteiger partial charge is 0.493 e. The molecule has 0 amide bonds. The van der Waals surface area contributed by atoms with Gasteiger partial charge in [0.05, 0.1) is 56.8 Å². The van der Waals surface area contributed by atoms with Gasteiger partial charge in [-0.2, -0.15) is 0 Å². The molecule has 2 fully saturated rings. The summed E-state index contributed by atoms with van der Waals surface area (Å²) in [5.41, 5.74) is 5.54. The quantitative estimate of drug-likeness (QED) is 0.0279. The third-order valence-electron chi connectivity index (χ3n) is 12.7. The van der Waals surface area contributed by atoms with Gasteiger partial charge >= 0.3 is 11.9 Å². The molecular weight excluding hydrogens is 781 g/mol. The maximum atomic E-state index is 13.1. The summed E-state index contributed by atoms with van der Waals surface area (Å²) in [7, 11) is 1.52. The van der Waals surface area contributed by atoms with E-state index in [4.69, 9.17) is 28.4 Å². The summed E-state index contributed by atoms with van der Waals surface area (Å²) in [6.07, 6.45) is 16.7. The zero-order valence-corrected chi connectivity index (χ0v) is 37.1. The first-order chi connectivity index (χ1) is 30.3. The van der Waals surface area contributed by atoms with Crippen LogP contribution in [-0.2, 0) is 20.6 Å². The molecular formula is C53H66O9. The molecule has 0 aromatic heterocycles. The van der Waals surface area contributed by atoms with Crippen molar-refractivity contribution in [3.8, 4) is 28.4 Å². The van der Waals surface area contributed by atoms with E-state index in [1.165, 1.54) is 64.0 Å². The van der Waals surface area contributed by atoms with Crippen molar-refractivity contribution in [3.63, 3.8) is 0 Å². The van der Waals surface area contributed by atoms with Gasteiger partial charge in [-0.05, 0) is 128 Å². The standard InChI is InChI=1S/C53H66O9/c1-4-6-9-12-39-13-16-41(17-14-39)42-18-20-43(21-19-42)44-22-24-45(25-23-44)51(55)61-32-29-40-15-27-48(47(33-40)35-54)62-52(56)46-26-28-49(50(34-46)57-3)60-31-11-8-7-10-30-58-36-53(5-2)37-59-38-53/h15,18-28,33-35,39,41H,4-14,16-17,29-32,36-38H2,1-3H3. The van der Waals surface area contributed by atoms with Crippen molar-refractivity contribution in [2.75, 3.05) is 46.8 Å². The molecule has 6 rings (SSSR count). The summed E-state index contributed by atoms with van der Waals surface area (Å²) < 4.78 is 33.9. The maximum Gasteiger partial charge on any atom is 0.343 e. The van der Waals surface area contributed by atoms with Gasteiger partial charge in [0.1, 0.15) is 5.75 Å². The van der Waals surface area contributed by atoms with E-state index in [1.807, 2.05) is 12.1 Å². The van der Waals surface area contributed by atoms with Crippen molar-refractivity contribution in [3.05, 3.63) is 113 Å². The number of carbonyl (C=O) groups excluding carboxylic acids is 3. The molecule has 4 aromatic rings. The summed E-state index contributed by atoms with van der Waals surface area (Å²) in [5.74, 6) is 1.59. The van der Waals surface area contributed by atoms with E-state index in [2.05, 4.69) is 38.1 Å². The zero-order valence-electron chi connectivity index (χ0n) is 37.1. The fraction of sp³-hybridized carbons (Fsp3) is 0.491. The van der Waals surface area contributed by atoms with Gasteiger partial charge in [-0.25, -0.2) is 9.59 Å². The number of aldehydes is 1. The molecule has 0 radical (unpaired) electrons. The number of hydrogen-bond donors (Lipinski definition) is 0. The number of rotatable bonds is 25. The first-order valence-corrected chi connectivity index (χ1v) is 23.0. The molecule has 2 aliphatic rings. The fourth-order valence-corrected chi connectivity index (χ4v) is 8.48. The first-order valence-electron chi connectivity index (χ1n) is 23.0. The van der Waals surface area contributed by atoms with Crippen LogP contribution in [0.5, 0.6) is 17.2 Å². The molecule has 0 N–H and O–H groups in total. The predicted octanol–water partition coefficient (Wildman–Crippen LogP) is 12.0. The molecule has 332 valence electrons. The van der Waals surface area contributed by atoms with Crippen molar-refractivity contribution < 1.29 is 42.8 Å². The zero-order chi connectivity index (χ0) is 43.6. The summed E-state index contributed by atoms with van der Waals surface area (Å²) in [6.45, 7) is 8.25. The number of benzene rings is 4. The lowest BCUT2D eigenvalue weighted by atomic mass is 9.77. The van der Waals surface area contributed by atoms with E-state index in [9.17, 15) is 14.4 Å². The van der Waals surface area contributed by atoms with Gasteiger partial charge in [0, 0.05) is 18.4 Å². The van der Waals surface area contributed by atoms with Crippen molar-refractivity contribution in [2.45, 2.75) is 110 Å². The molecule has 1 saturated heterocycles. The summed E-state index contributed by atoms with van der Waals surface area (Å²) in [4.78, 5) is 38.1. The molecule has 9 heteroatoms. The average molecular weight is 847 g/mol. The number of esters is 2. The van der Waals surface area contributed by atoms with E-state index in [0.717, 1.165) is 81.1 Å². The van der Waals surface area contributed by atoms with Gasteiger partial charge in [0.25, 0.3) is 0 Å². The van der Waals surface area contributed by atoms with Crippen LogP contribution in [-0.4, -0.2) is 65.0 Å². The third-order valence-corrected chi connectivity index (χ3v) is 12.7. The first kappa shape index (κ1) is 46.5. The molecule has 9 nitrogen and oxygen atoms in total. The number of methoxy groups -OCH3 is 1. The van der Waals surface area contributed by atoms with E-state index >= 15 is 0 Å². The Morgan fingerprint density at radius 2 is 1.40 bits per heavy atom. The SMILES string of the molecule is CCCCCC1CCC(c2ccc(-c3ccc(C(=O)OCCc4ccc(OC(=O)c5ccc(OCCCCCCOCC6(CC)COC6)c(OC)c5)c(C=O)c4)cc3)cc2)CC1. The highest BCUT2D eigenvalue weighted by Gasteiger charge is 2.36. The molecule has 0 unspecified atom stereocenters. The highest BCUT2D eigenvalue weighted by atomic mass is 16.5. The second-order valence-corrected chi connectivity index (χ2v) is 17.2. The average Bonchev–Trinajstić information content (AvgIpc) is 3.30. The Bertz CT molecular complexity index is 2000. The molecule has 62 heavy (non-hydrogen) atoms. The minimum Gasteiger partial charge on any atom is -0.493 e. The van der Waals surface area contributed by atoms with Crippen molar-refractivity contribution >= 4 is 18.2 Å². The van der Waals surface area contributed by atoms with Crippen LogP contribution in [0.2, 0.25) is 0 Å². The van der Waals surface area contributed by atoms with E-state index < -0.39 is 11.9 Å². The monoisotopic (exact) mass is 846 g/mol. The number of unbranched alkanes of at least 4 members (excludes halogenated alkanes) is 5. The normalized spacial score (nSPS) is 16.8. The second kappa shape index (κ2) is 24.0. The third kappa shape index (κ3) is 13.3. The lowest BCUT2D eigenvalue weighted by Crippen LogP contribution is -2.45. The van der Waals surface area contributed by atoms with Crippen LogP contribution in [0.4, 0.5) is 0 Å². The Hall–Kier alpha value is -4.99. The Morgan fingerprint density at radius 1 is 0.710 bits per heavy atom. The van der Waals surface area contributed by atoms with Crippen LogP contribution >= 0.6 is 0 Å². The van der Waals surface area contributed by atoms with Crippen molar-refractivity contribution in [1.82, 2.24) is 0 Å². The van der Waals surface area contributed by atoms with Gasteiger partial charge in [-0.1, -0.05) is 88.4 Å². The number of ether oxygens (including phenoxy) is 6. The van der Waals surface area contributed by atoms with Crippen LogP contribution in [0.3, 0.4) is 0 Å². The Labute approximate surface area is 368 Å². The minimum atomic E-state index is -0.634. The molecule has 4 aromatic carbocycles. The lowest BCUT2D eigenvalue weighted by molar-refractivity contribution is -0.150. The number of hydrogen-bond acceptors (Lipinski definition) is 9. The van der Waals surface area contributed by atoms with E-state index in [-0.39, 0.29) is 28.9 Å². The fourth-order valence-electron chi connectivity index (χ4n) is 8.48. The highest BCUT2D eigenvalue weighted by molar-refractivity contribution is 5.93. The van der Waals surface area contributed by atoms with E-state index in [0.29, 0.717) is 42.3 Å². The maximum absolute atomic E-state index is 13.1. The van der Waals surface area contributed by atoms with Crippen LogP contribution in [0.25, 0.3) is 11.1 Å². The molecule has 0 spiro atoms. The molecule has 0 atom stereocenters. The smallest absolute Gasteiger partial charge is 0.343 e. The minimum absolute atomic E-state index is 0.124. The van der Waals surface area contributed by atoms with Gasteiger partial charge in [0.15, 0.2) is 17.8 Å². The molecule has 0 bridgehead atoms. The Morgan fingerprint density at radius 3 is 2.06 bits per heavy atom.